The van der Waals surface area contributed by atoms with Crippen LogP contribution in [0.25, 0.3) is 0 Å². The molecule has 0 aliphatic carbocycles. The monoisotopic (exact) mass is 269 g/mol. The molecule has 0 bridgehead atoms. The zero-order valence-corrected chi connectivity index (χ0v) is 12.1. The highest BCUT2D eigenvalue weighted by Gasteiger charge is 2.18. The maximum absolute atomic E-state index is 10.9. The van der Waals surface area contributed by atoms with Crippen LogP contribution in [0.1, 0.15) is 25.0 Å². The van der Waals surface area contributed by atoms with Gasteiger partial charge in [0, 0.05) is 13.1 Å². The van der Waals surface area contributed by atoms with Gasteiger partial charge in [0.25, 0.3) is 0 Å². The fraction of sp³-hybridized carbons (Fsp3) is 0.500. The molecule has 1 aromatic rings. The molecule has 0 heterocycles. The number of carbonyl (C=O) groups is 1. The highest BCUT2D eigenvalue weighted by atomic mass is 35.5. The Morgan fingerprint density at radius 3 is 2.50 bits per heavy atom. The fourth-order valence-electron chi connectivity index (χ4n) is 2.10. The molecule has 1 N–H and O–H groups in total. The first-order valence-corrected chi connectivity index (χ1v) is 6.49. The van der Waals surface area contributed by atoms with Gasteiger partial charge in [-0.2, -0.15) is 0 Å². The SMILES string of the molecule is CCN(CC(C)C(=O)O)c1c(C)cc(C)cc1Cl. The van der Waals surface area contributed by atoms with Gasteiger partial charge in [-0.1, -0.05) is 24.6 Å². The number of rotatable bonds is 5. The quantitative estimate of drug-likeness (QED) is 0.889. The van der Waals surface area contributed by atoms with Gasteiger partial charge in [0.1, 0.15) is 0 Å². The number of aliphatic carboxylic acids is 1. The summed E-state index contributed by atoms with van der Waals surface area (Å²) < 4.78 is 0. The summed E-state index contributed by atoms with van der Waals surface area (Å²) in [5, 5.41) is 9.68. The number of halogens is 1. The standard InChI is InChI=1S/C14H20ClNO2/c1-5-16(8-11(4)14(17)18)13-10(3)6-9(2)7-12(13)15/h6-7,11H,5,8H2,1-4H3,(H,17,18). The van der Waals surface area contributed by atoms with Crippen molar-refractivity contribution in [3.63, 3.8) is 0 Å². The predicted octanol–water partition coefficient (Wildman–Crippen LogP) is 3.50. The number of carboxylic acid groups (broad SMARTS) is 1. The van der Waals surface area contributed by atoms with Crippen molar-refractivity contribution in [1.29, 1.82) is 0 Å². The van der Waals surface area contributed by atoms with E-state index in [1.165, 1.54) is 0 Å². The number of hydrogen-bond acceptors (Lipinski definition) is 2. The van der Waals surface area contributed by atoms with E-state index in [4.69, 9.17) is 16.7 Å². The topological polar surface area (TPSA) is 40.5 Å². The third-order valence-electron chi connectivity index (χ3n) is 3.01. The van der Waals surface area contributed by atoms with E-state index >= 15 is 0 Å². The van der Waals surface area contributed by atoms with Crippen LogP contribution < -0.4 is 4.90 Å². The van der Waals surface area contributed by atoms with Crippen LogP contribution in [-0.2, 0) is 4.79 Å². The Bertz CT molecular complexity index is 422. The summed E-state index contributed by atoms with van der Waals surface area (Å²) in [7, 11) is 0. The van der Waals surface area contributed by atoms with Crippen molar-refractivity contribution in [3.05, 3.63) is 28.3 Å². The van der Waals surface area contributed by atoms with Crippen LogP contribution in [-0.4, -0.2) is 24.2 Å². The van der Waals surface area contributed by atoms with Gasteiger partial charge < -0.3 is 10.0 Å². The van der Waals surface area contributed by atoms with Crippen LogP contribution in [0, 0.1) is 19.8 Å². The number of anilines is 1. The molecule has 0 spiro atoms. The lowest BCUT2D eigenvalue weighted by molar-refractivity contribution is -0.140. The van der Waals surface area contributed by atoms with Crippen molar-refractivity contribution in [2.45, 2.75) is 27.7 Å². The Morgan fingerprint density at radius 2 is 2.06 bits per heavy atom. The van der Waals surface area contributed by atoms with Crippen LogP contribution >= 0.6 is 11.6 Å². The molecular formula is C14H20ClNO2. The maximum Gasteiger partial charge on any atom is 0.308 e. The van der Waals surface area contributed by atoms with E-state index in [2.05, 4.69) is 6.07 Å². The first-order chi connectivity index (χ1) is 8.36. The lowest BCUT2D eigenvalue weighted by Gasteiger charge is -2.28. The minimum absolute atomic E-state index is 0.415. The number of benzene rings is 1. The second-order valence-corrected chi connectivity index (χ2v) is 5.10. The zero-order chi connectivity index (χ0) is 13.9. The van der Waals surface area contributed by atoms with Gasteiger partial charge >= 0.3 is 5.97 Å². The van der Waals surface area contributed by atoms with Crippen molar-refractivity contribution in [2.75, 3.05) is 18.0 Å². The van der Waals surface area contributed by atoms with Crippen molar-refractivity contribution in [2.24, 2.45) is 5.92 Å². The van der Waals surface area contributed by atoms with E-state index < -0.39 is 11.9 Å². The van der Waals surface area contributed by atoms with Gasteiger partial charge in [-0.05, 0) is 38.0 Å². The zero-order valence-electron chi connectivity index (χ0n) is 11.3. The second kappa shape index (κ2) is 6.10. The van der Waals surface area contributed by atoms with Gasteiger partial charge in [0.05, 0.1) is 16.6 Å². The summed E-state index contributed by atoms with van der Waals surface area (Å²) in [6, 6.07) is 3.98. The summed E-state index contributed by atoms with van der Waals surface area (Å²) in [5.74, 6) is -1.20. The van der Waals surface area contributed by atoms with E-state index in [1.54, 1.807) is 6.92 Å². The van der Waals surface area contributed by atoms with E-state index in [0.29, 0.717) is 11.6 Å². The lowest BCUT2D eigenvalue weighted by atomic mass is 10.1. The molecule has 0 aliphatic heterocycles. The molecule has 0 aromatic heterocycles. The van der Waals surface area contributed by atoms with Crippen molar-refractivity contribution < 1.29 is 9.90 Å². The molecule has 0 aliphatic rings. The Labute approximate surface area is 113 Å². The molecule has 0 saturated heterocycles. The van der Waals surface area contributed by atoms with Crippen LogP contribution in [0.15, 0.2) is 12.1 Å². The lowest BCUT2D eigenvalue weighted by Crippen LogP contribution is -2.32. The second-order valence-electron chi connectivity index (χ2n) is 4.69. The maximum atomic E-state index is 10.9. The molecule has 4 heteroatoms. The van der Waals surface area contributed by atoms with Crippen molar-refractivity contribution in [3.8, 4) is 0 Å². The molecule has 0 fully saturated rings. The molecule has 0 radical (unpaired) electrons. The number of hydrogen-bond donors (Lipinski definition) is 1. The van der Waals surface area contributed by atoms with Crippen molar-refractivity contribution >= 4 is 23.3 Å². The normalized spacial score (nSPS) is 12.3. The molecule has 18 heavy (non-hydrogen) atoms. The highest BCUT2D eigenvalue weighted by molar-refractivity contribution is 6.33. The van der Waals surface area contributed by atoms with Crippen LogP contribution in [0.5, 0.6) is 0 Å². The Kier molecular flexibility index (Phi) is 5.03. The van der Waals surface area contributed by atoms with Crippen LogP contribution in [0.2, 0.25) is 5.02 Å². The average Bonchev–Trinajstić information content (AvgIpc) is 2.25. The van der Waals surface area contributed by atoms with Gasteiger partial charge in [-0.25, -0.2) is 0 Å². The molecule has 100 valence electrons. The van der Waals surface area contributed by atoms with E-state index in [-0.39, 0.29) is 0 Å². The highest BCUT2D eigenvalue weighted by Crippen LogP contribution is 2.31. The molecule has 0 saturated carbocycles. The molecule has 1 atom stereocenters. The summed E-state index contributed by atoms with van der Waals surface area (Å²) in [5.41, 5.74) is 3.14. The molecule has 3 nitrogen and oxygen atoms in total. The number of nitrogens with zero attached hydrogens (tertiary/aromatic N) is 1. The fourth-order valence-corrected chi connectivity index (χ4v) is 2.54. The van der Waals surface area contributed by atoms with Crippen LogP contribution in [0.4, 0.5) is 5.69 Å². The summed E-state index contributed by atoms with van der Waals surface area (Å²) in [4.78, 5) is 13.0. The Balaban J connectivity index is 3.06. The van der Waals surface area contributed by atoms with E-state index in [9.17, 15) is 4.79 Å². The minimum atomic E-state index is -0.783. The van der Waals surface area contributed by atoms with Gasteiger partial charge in [-0.3, -0.25) is 4.79 Å². The largest absolute Gasteiger partial charge is 0.481 e. The predicted molar refractivity (Wildman–Crippen MR) is 75.6 cm³/mol. The molecular weight excluding hydrogens is 250 g/mol. The minimum Gasteiger partial charge on any atom is -0.481 e. The molecule has 1 rings (SSSR count). The third-order valence-corrected chi connectivity index (χ3v) is 3.30. The van der Waals surface area contributed by atoms with Crippen LogP contribution in [0.3, 0.4) is 0 Å². The van der Waals surface area contributed by atoms with Crippen molar-refractivity contribution in [1.82, 2.24) is 0 Å². The summed E-state index contributed by atoms with van der Waals surface area (Å²) in [6.07, 6.45) is 0. The molecule has 1 unspecified atom stereocenters. The Morgan fingerprint density at radius 1 is 1.44 bits per heavy atom. The summed E-state index contributed by atoms with van der Waals surface area (Å²) in [6.45, 7) is 8.92. The average molecular weight is 270 g/mol. The van der Waals surface area contributed by atoms with E-state index in [1.807, 2.05) is 31.7 Å². The number of aryl methyl sites for hydroxylation is 2. The van der Waals surface area contributed by atoms with Gasteiger partial charge in [-0.15, -0.1) is 0 Å². The third kappa shape index (κ3) is 3.39. The first-order valence-electron chi connectivity index (χ1n) is 6.11. The smallest absolute Gasteiger partial charge is 0.308 e. The van der Waals surface area contributed by atoms with E-state index in [0.717, 1.165) is 23.4 Å². The number of carboxylic acids is 1. The first kappa shape index (κ1) is 14.8. The summed E-state index contributed by atoms with van der Waals surface area (Å²) >= 11 is 6.28. The Hall–Kier alpha value is -1.22. The van der Waals surface area contributed by atoms with Gasteiger partial charge in [0.2, 0.25) is 0 Å². The molecule has 1 aromatic carbocycles. The van der Waals surface area contributed by atoms with Gasteiger partial charge in [0.15, 0.2) is 0 Å². The molecule has 0 amide bonds.